The van der Waals surface area contributed by atoms with Gasteiger partial charge in [-0.2, -0.15) is 0 Å². The molecule has 0 saturated carbocycles. The number of imidazole rings is 1. The van der Waals surface area contributed by atoms with Gasteiger partial charge < -0.3 is 4.40 Å². The molecule has 0 radical (unpaired) electrons. The fourth-order valence-electron chi connectivity index (χ4n) is 1.83. The van der Waals surface area contributed by atoms with E-state index in [9.17, 15) is 0 Å². The van der Waals surface area contributed by atoms with E-state index in [1.807, 2.05) is 71.4 Å². The van der Waals surface area contributed by atoms with Crippen LogP contribution in [0.25, 0.3) is 17.7 Å². The standard InChI is InChI=1S/C15H11ClN2/c16-13-7-4-12(5-8-13)6-9-15-17-11-14-3-1-2-10-18(14)15/h1-11H/b9-6+. The molecule has 3 rings (SSSR count). The van der Waals surface area contributed by atoms with Gasteiger partial charge in [-0.05, 0) is 35.9 Å². The largest absolute Gasteiger partial charge is 0.300 e. The summed E-state index contributed by atoms with van der Waals surface area (Å²) in [5.74, 6) is 0.917. The smallest absolute Gasteiger partial charge is 0.137 e. The first kappa shape index (κ1) is 11.1. The zero-order valence-corrected chi connectivity index (χ0v) is 10.4. The Kier molecular flexibility index (Phi) is 2.87. The monoisotopic (exact) mass is 254 g/mol. The second-order valence-electron chi connectivity index (χ2n) is 4.00. The molecule has 88 valence electrons. The van der Waals surface area contributed by atoms with E-state index in [0.717, 1.165) is 21.9 Å². The predicted molar refractivity (Wildman–Crippen MR) is 75.6 cm³/mol. The van der Waals surface area contributed by atoms with Gasteiger partial charge in [0.05, 0.1) is 11.7 Å². The molecule has 0 aliphatic rings. The number of hydrogen-bond donors (Lipinski definition) is 0. The van der Waals surface area contributed by atoms with Crippen molar-refractivity contribution in [2.45, 2.75) is 0 Å². The Morgan fingerprint density at radius 2 is 1.83 bits per heavy atom. The lowest BCUT2D eigenvalue weighted by molar-refractivity contribution is 1.12. The maximum atomic E-state index is 5.85. The van der Waals surface area contributed by atoms with Crippen LogP contribution in [0.5, 0.6) is 0 Å². The highest BCUT2D eigenvalue weighted by molar-refractivity contribution is 6.30. The second kappa shape index (κ2) is 4.67. The van der Waals surface area contributed by atoms with Crippen LogP contribution in [0, 0.1) is 0 Å². The molecule has 2 nitrogen and oxygen atoms in total. The highest BCUT2D eigenvalue weighted by Crippen LogP contribution is 2.13. The lowest BCUT2D eigenvalue weighted by Crippen LogP contribution is -1.85. The van der Waals surface area contributed by atoms with Crippen molar-refractivity contribution in [1.29, 1.82) is 0 Å². The fourth-order valence-corrected chi connectivity index (χ4v) is 1.96. The van der Waals surface area contributed by atoms with E-state index in [4.69, 9.17) is 11.6 Å². The Morgan fingerprint density at radius 1 is 1.00 bits per heavy atom. The lowest BCUT2D eigenvalue weighted by Gasteiger charge is -1.96. The molecule has 3 aromatic rings. The SMILES string of the molecule is Clc1ccc(/C=C/c2ncc3ccccn23)cc1. The normalized spacial score (nSPS) is 11.4. The Balaban J connectivity index is 1.94. The highest BCUT2D eigenvalue weighted by atomic mass is 35.5. The van der Waals surface area contributed by atoms with Gasteiger partial charge in [0, 0.05) is 11.2 Å². The molecule has 0 atom stereocenters. The minimum absolute atomic E-state index is 0.749. The molecular weight excluding hydrogens is 244 g/mol. The van der Waals surface area contributed by atoms with E-state index in [1.165, 1.54) is 0 Å². The van der Waals surface area contributed by atoms with E-state index in [0.29, 0.717) is 0 Å². The minimum atomic E-state index is 0.749. The van der Waals surface area contributed by atoms with E-state index >= 15 is 0 Å². The summed E-state index contributed by atoms with van der Waals surface area (Å²) in [7, 11) is 0. The summed E-state index contributed by atoms with van der Waals surface area (Å²) in [6.07, 6.45) is 7.89. The topological polar surface area (TPSA) is 17.3 Å². The third kappa shape index (κ3) is 2.15. The fraction of sp³-hybridized carbons (Fsp3) is 0. The number of hydrogen-bond acceptors (Lipinski definition) is 1. The van der Waals surface area contributed by atoms with Gasteiger partial charge in [-0.3, -0.25) is 0 Å². The maximum Gasteiger partial charge on any atom is 0.137 e. The van der Waals surface area contributed by atoms with Crippen molar-refractivity contribution in [3.63, 3.8) is 0 Å². The van der Waals surface area contributed by atoms with Gasteiger partial charge in [-0.1, -0.05) is 35.9 Å². The number of benzene rings is 1. The molecule has 3 heteroatoms. The Hall–Kier alpha value is -2.06. The van der Waals surface area contributed by atoms with Crippen molar-refractivity contribution >= 4 is 29.3 Å². The van der Waals surface area contributed by atoms with Crippen LogP contribution in [-0.2, 0) is 0 Å². The summed E-state index contributed by atoms with van der Waals surface area (Å²) in [4.78, 5) is 4.38. The van der Waals surface area contributed by atoms with Gasteiger partial charge in [-0.15, -0.1) is 0 Å². The molecule has 0 aliphatic carbocycles. The summed E-state index contributed by atoms with van der Waals surface area (Å²) >= 11 is 5.85. The zero-order valence-electron chi connectivity index (χ0n) is 9.62. The quantitative estimate of drug-likeness (QED) is 0.671. The van der Waals surface area contributed by atoms with Crippen LogP contribution in [0.2, 0.25) is 5.02 Å². The van der Waals surface area contributed by atoms with Crippen LogP contribution in [0.4, 0.5) is 0 Å². The summed E-state index contributed by atoms with van der Waals surface area (Å²) in [5.41, 5.74) is 2.19. The van der Waals surface area contributed by atoms with Crippen LogP contribution in [0.3, 0.4) is 0 Å². The first-order valence-electron chi connectivity index (χ1n) is 5.69. The van der Waals surface area contributed by atoms with E-state index in [2.05, 4.69) is 4.98 Å². The lowest BCUT2D eigenvalue weighted by atomic mass is 10.2. The Bertz CT molecular complexity index is 696. The molecule has 0 aliphatic heterocycles. The third-order valence-corrected chi connectivity index (χ3v) is 3.01. The molecule has 0 spiro atoms. The Morgan fingerprint density at radius 3 is 2.67 bits per heavy atom. The number of fused-ring (bicyclic) bond motifs is 1. The molecule has 2 heterocycles. The van der Waals surface area contributed by atoms with Gasteiger partial charge in [0.25, 0.3) is 0 Å². The summed E-state index contributed by atoms with van der Waals surface area (Å²) in [6, 6.07) is 13.8. The van der Waals surface area contributed by atoms with E-state index < -0.39 is 0 Å². The second-order valence-corrected chi connectivity index (χ2v) is 4.43. The number of pyridine rings is 1. The predicted octanol–water partition coefficient (Wildman–Crippen LogP) is 4.16. The van der Waals surface area contributed by atoms with Crippen molar-refractivity contribution in [2.24, 2.45) is 0 Å². The first-order chi connectivity index (χ1) is 8.83. The summed E-state index contributed by atoms with van der Waals surface area (Å²) in [5, 5.41) is 0.749. The van der Waals surface area contributed by atoms with E-state index in [1.54, 1.807) is 0 Å². The average Bonchev–Trinajstić information content (AvgIpc) is 2.82. The zero-order chi connectivity index (χ0) is 12.4. The van der Waals surface area contributed by atoms with Gasteiger partial charge in [0.1, 0.15) is 5.82 Å². The number of aromatic nitrogens is 2. The first-order valence-corrected chi connectivity index (χ1v) is 6.06. The average molecular weight is 255 g/mol. The van der Waals surface area contributed by atoms with Gasteiger partial charge in [0.2, 0.25) is 0 Å². The molecular formula is C15H11ClN2. The Labute approximate surface area is 110 Å². The summed E-state index contributed by atoms with van der Waals surface area (Å²) in [6.45, 7) is 0. The van der Waals surface area contributed by atoms with Crippen molar-refractivity contribution in [3.05, 3.63) is 71.3 Å². The number of rotatable bonds is 2. The molecule has 0 fully saturated rings. The van der Waals surface area contributed by atoms with Crippen LogP contribution in [-0.4, -0.2) is 9.38 Å². The molecule has 1 aromatic carbocycles. The van der Waals surface area contributed by atoms with Gasteiger partial charge in [-0.25, -0.2) is 4.98 Å². The van der Waals surface area contributed by atoms with Gasteiger partial charge >= 0.3 is 0 Å². The van der Waals surface area contributed by atoms with E-state index in [-0.39, 0.29) is 0 Å². The van der Waals surface area contributed by atoms with Crippen LogP contribution in [0.1, 0.15) is 11.4 Å². The molecule has 0 unspecified atom stereocenters. The van der Waals surface area contributed by atoms with Crippen molar-refractivity contribution in [2.75, 3.05) is 0 Å². The molecule has 0 amide bonds. The van der Waals surface area contributed by atoms with Gasteiger partial charge in [0.15, 0.2) is 0 Å². The maximum absolute atomic E-state index is 5.85. The minimum Gasteiger partial charge on any atom is -0.300 e. The molecule has 0 saturated heterocycles. The van der Waals surface area contributed by atoms with Crippen LogP contribution >= 0.6 is 11.6 Å². The van der Waals surface area contributed by atoms with Crippen LogP contribution in [0.15, 0.2) is 54.9 Å². The van der Waals surface area contributed by atoms with Crippen molar-refractivity contribution < 1.29 is 0 Å². The molecule has 2 aromatic heterocycles. The highest BCUT2D eigenvalue weighted by Gasteiger charge is 1.97. The molecule has 0 bridgehead atoms. The molecule has 18 heavy (non-hydrogen) atoms. The van der Waals surface area contributed by atoms with Crippen LogP contribution < -0.4 is 0 Å². The van der Waals surface area contributed by atoms with Crippen molar-refractivity contribution in [3.8, 4) is 0 Å². The number of nitrogens with zero attached hydrogens (tertiary/aromatic N) is 2. The number of halogens is 1. The summed E-state index contributed by atoms with van der Waals surface area (Å²) < 4.78 is 2.05. The third-order valence-electron chi connectivity index (χ3n) is 2.76. The van der Waals surface area contributed by atoms with Crippen molar-refractivity contribution in [1.82, 2.24) is 9.38 Å². The molecule has 0 N–H and O–H groups in total.